The summed E-state index contributed by atoms with van der Waals surface area (Å²) in [4.78, 5) is 0. The van der Waals surface area contributed by atoms with Gasteiger partial charge in [0.15, 0.2) is 5.82 Å². The lowest BCUT2D eigenvalue weighted by molar-refractivity contribution is 0.791. The van der Waals surface area contributed by atoms with Crippen LogP contribution in [0, 0.1) is 6.92 Å². The topological polar surface area (TPSA) is 61.4 Å². The van der Waals surface area contributed by atoms with Gasteiger partial charge >= 0.3 is 0 Å². The van der Waals surface area contributed by atoms with Gasteiger partial charge in [0.1, 0.15) is 0 Å². The van der Waals surface area contributed by atoms with Crippen molar-refractivity contribution in [3.63, 3.8) is 0 Å². The first kappa shape index (κ1) is 14.6. The molecule has 7 heteroatoms. The van der Waals surface area contributed by atoms with Crippen molar-refractivity contribution in [2.45, 2.75) is 6.92 Å². The zero-order chi connectivity index (χ0) is 16.5. The Bertz CT molecular complexity index is 972. The van der Waals surface area contributed by atoms with Gasteiger partial charge in [-0.15, -0.1) is 5.10 Å². The Labute approximate surface area is 143 Å². The molecule has 0 fully saturated rings. The van der Waals surface area contributed by atoms with E-state index in [0.717, 1.165) is 22.6 Å². The Morgan fingerprint density at radius 2 is 1.58 bits per heavy atom. The summed E-state index contributed by atoms with van der Waals surface area (Å²) in [5.41, 5.74) is 3.67. The Hall–Kier alpha value is -2.99. The standard InChI is InChI=1S/C17H13ClN6/c1-12-16(11-19-23(12)14-5-3-2-4-6-14)17-20-21-22-24(17)15-9-7-13(18)8-10-15/h2-11H,1H3. The molecule has 4 aromatic rings. The lowest BCUT2D eigenvalue weighted by atomic mass is 10.2. The molecule has 118 valence electrons. The molecule has 0 atom stereocenters. The minimum absolute atomic E-state index is 0.636. The largest absolute Gasteiger partial charge is 0.237 e. The molecular weight excluding hydrogens is 324 g/mol. The van der Waals surface area contributed by atoms with Crippen molar-refractivity contribution >= 4 is 11.6 Å². The lowest BCUT2D eigenvalue weighted by Crippen LogP contribution is -2.01. The molecule has 6 nitrogen and oxygen atoms in total. The Kier molecular flexibility index (Phi) is 3.59. The average molecular weight is 337 g/mol. The summed E-state index contributed by atoms with van der Waals surface area (Å²) in [5.74, 6) is 0.636. The van der Waals surface area contributed by atoms with Gasteiger partial charge in [-0.3, -0.25) is 0 Å². The van der Waals surface area contributed by atoms with Crippen molar-refractivity contribution in [3.05, 3.63) is 71.5 Å². The summed E-state index contributed by atoms with van der Waals surface area (Å²) in [7, 11) is 0. The molecule has 4 rings (SSSR count). The van der Waals surface area contributed by atoms with Gasteiger partial charge in [-0.1, -0.05) is 29.8 Å². The number of para-hydroxylation sites is 1. The Morgan fingerprint density at radius 1 is 0.875 bits per heavy atom. The fourth-order valence-electron chi connectivity index (χ4n) is 2.57. The smallest absolute Gasteiger partial charge is 0.190 e. The Balaban J connectivity index is 1.80. The number of benzene rings is 2. The van der Waals surface area contributed by atoms with Gasteiger partial charge in [-0.05, 0) is 53.7 Å². The van der Waals surface area contributed by atoms with Gasteiger partial charge in [0.25, 0.3) is 0 Å². The number of halogens is 1. The number of hydrogen-bond donors (Lipinski definition) is 0. The van der Waals surface area contributed by atoms with Crippen molar-refractivity contribution in [3.8, 4) is 22.8 Å². The van der Waals surface area contributed by atoms with E-state index in [2.05, 4.69) is 20.6 Å². The molecule has 0 N–H and O–H groups in total. The Morgan fingerprint density at radius 3 is 2.33 bits per heavy atom. The molecule has 2 heterocycles. The summed E-state index contributed by atoms with van der Waals surface area (Å²) in [6.45, 7) is 2.00. The predicted octanol–water partition coefficient (Wildman–Crippen LogP) is 3.48. The van der Waals surface area contributed by atoms with Crippen LogP contribution in [0.15, 0.2) is 60.8 Å². The highest BCUT2D eigenvalue weighted by molar-refractivity contribution is 6.30. The number of tetrazole rings is 1. The third-order valence-electron chi connectivity index (χ3n) is 3.79. The van der Waals surface area contributed by atoms with Gasteiger partial charge < -0.3 is 0 Å². The SMILES string of the molecule is Cc1c(-c2nnnn2-c2ccc(Cl)cc2)cnn1-c1ccccc1. The number of aromatic nitrogens is 6. The highest BCUT2D eigenvalue weighted by Crippen LogP contribution is 2.25. The molecule has 0 bridgehead atoms. The fourth-order valence-corrected chi connectivity index (χ4v) is 2.70. The minimum Gasteiger partial charge on any atom is -0.237 e. The zero-order valence-corrected chi connectivity index (χ0v) is 13.6. The monoisotopic (exact) mass is 336 g/mol. The van der Waals surface area contributed by atoms with Gasteiger partial charge in [-0.25, -0.2) is 4.68 Å². The van der Waals surface area contributed by atoms with Crippen LogP contribution in [0.2, 0.25) is 5.02 Å². The van der Waals surface area contributed by atoms with Crippen molar-refractivity contribution in [2.75, 3.05) is 0 Å². The third kappa shape index (κ3) is 2.47. The summed E-state index contributed by atoms with van der Waals surface area (Å²) in [6.07, 6.45) is 1.78. The molecule has 0 aliphatic carbocycles. The second kappa shape index (κ2) is 5.90. The molecule has 0 aliphatic rings. The maximum absolute atomic E-state index is 5.95. The highest BCUT2D eigenvalue weighted by atomic mass is 35.5. The van der Waals surface area contributed by atoms with E-state index in [1.807, 2.05) is 66.2 Å². The van der Waals surface area contributed by atoms with Crippen LogP contribution < -0.4 is 0 Å². The van der Waals surface area contributed by atoms with E-state index < -0.39 is 0 Å². The fraction of sp³-hybridized carbons (Fsp3) is 0.0588. The van der Waals surface area contributed by atoms with Crippen LogP contribution in [0.1, 0.15) is 5.69 Å². The summed E-state index contributed by atoms with van der Waals surface area (Å²) in [6, 6.07) is 17.3. The van der Waals surface area contributed by atoms with E-state index >= 15 is 0 Å². The van der Waals surface area contributed by atoms with Crippen LogP contribution in [-0.4, -0.2) is 30.0 Å². The lowest BCUT2D eigenvalue weighted by Gasteiger charge is -2.06. The highest BCUT2D eigenvalue weighted by Gasteiger charge is 2.17. The molecule has 0 spiro atoms. The molecule has 0 aliphatic heterocycles. The first-order valence-corrected chi connectivity index (χ1v) is 7.76. The normalized spacial score (nSPS) is 10.9. The molecule has 0 radical (unpaired) electrons. The van der Waals surface area contributed by atoms with Crippen LogP contribution in [-0.2, 0) is 0 Å². The second-order valence-electron chi connectivity index (χ2n) is 5.28. The van der Waals surface area contributed by atoms with E-state index in [9.17, 15) is 0 Å². The minimum atomic E-state index is 0.636. The van der Waals surface area contributed by atoms with Gasteiger partial charge in [0.05, 0.1) is 28.8 Å². The van der Waals surface area contributed by atoms with E-state index in [-0.39, 0.29) is 0 Å². The summed E-state index contributed by atoms with van der Waals surface area (Å²) >= 11 is 5.95. The van der Waals surface area contributed by atoms with Gasteiger partial charge in [0, 0.05) is 5.02 Å². The quantitative estimate of drug-likeness (QED) is 0.574. The second-order valence-corrected chi connectivity index (χ2v) is 5.72. The molecule has 0 amide bonds. The molecule has 2 aromatic heterocycles. The van der Waals surface area contributed by atoms with E-state index in [1.165, 1.54) is 0 Å². The van der Waals surface area contributed by atoms with Crippen molar-refractivity contribution in [2.24, 2.45) is 0 Å². The number of rotatable bonds is 3. The van der Waals surface area contributed by atoms with Gasteiger partial charge in [0.2, 0.25) is 0 Å². The maximum Gasteiger partial charge on any atom is 0.190 e. The first-order chi connectivity index (χ1) is 11.7. The maximum atomic E-state index is 5.95. The van der Waals surface area contributed by atoms with Crippen LogP contribution in [0.3, 0.4) is 0 Å². The van der Waals surface area contributed by atoms with Crippen LogP contribution in [0.5, 0.6) is 0 Å². The van der Waals surface area contributed by atoms with Crippen LogP contribution >= 0.6 is 11.6 Å². The van der Waals surface area contributed by atoms with Gasteiger partial charge in [-0.2, -0.15) is 9.78 Å². The van der Waals surface area contributed by atoms with Crippen LogP contribution in [0.4, 0.5) is 0 Å². The molecule has 0 saturated carbocycles. The summed E-state index contributed by atoms with van der Waals surface area (Å²) < 4.78 is 3.55. The number of hydrogen-bond acceptors (Lipinski definition) is 4. The molecule has 2 aromatic carbocycles. The molecule has 24 heavy (non-hydrogen) atoms. The summed E-state index contributed by atoms with van der Waals surface area (Å²) in [5, 5.41) is 17.2. The third-order valence-corrected chi connectivity index (χ3v) is 4.04. The molecular formula is C17H13ClN6. The van der Waals surface area contributed by atoms with Crippen molar-refractivity contribution in [1.82, 2.24) is 30.0 Å². The first-order valence-electron chi connectivity index (χ1n) is 7.39. The predicted molar refractivity (Wildman–Crippen MR) is 91.5 cm³/mol. The van der Waals surface area contributed by atoms with Crippen molar-refractivity contribution < 1.29 is 0 Å². The van der Waals surface area contributed by atoms with Crippen molar-refractivity contribution in [1.29, 1.82) is 0 Å². The molecule has 0 unspecified atom stereocenters. The van der Waals surface area contributed by atoms with E-state index in [4.69, 9.17) is 11.6 Å². The number of nitrogens with zero attached hydrogens (tertiary/aromatic N) is 6. The van der Waals surface area contributed by atoms with E-state index in [1.54, 1.807) is 10.9 Å². The van der Waals surface area contributed by atoms with E-state index in [0.29, 0.717) is 10.8 Å². The van der Waals surface area contributed by atoms with Crippen LogP contribution in [0.25, 0.3) is 22.8 Å². The average Bonchev–Trinajstić information content (AvgIpc) is 3.23. The molecule has 0 saturated heterocycles. The zero-order valence-electron chi connectivity index (χ0n) is 12.8.